The molecule has 2 atom stereocenters. The lowest BCUT2D eigenvalue weighted by molar-refractivity contribution is 0.0572. The van der Waals surface area contributed by atoms with Crippen molar-refractivity contribution in [1.82, 2.24) is 4.90 Å². The Labute approximate surface area is 90.6 Å². The zero-order valence-corrected chi connectivity index (χ0v) is 9.94. The molecule has 0 bridgehead atoms. The first-order valence-electron chi connectivity index (χ1n) is 5.13. The van der Waals surface area contributed by atoms with E-state index in [0.717, 1.165) is 0 Å². The monoisotopic (exact) mass is 237 g/mol. The first kappa shape index (κ1) is 12.9. The second-order valence-corrected chi connectivity index (χ2v) is 6.99. The average Bonchev–Trinajstić information content (AvgIpc) is 2.43. The van der Waals surface area contributed by atoms with Crippen LogP contribution in [-0.2, 0) is 9.84 Å². The van der Waals surface area contributed by atoms with Crippen LogP contribution in [-0.4, -0.2) is 66.4 Å². The third kappa shape index (κ3) is 3.41. The number of nitrogens with zero attached hydrogens (tertiary/aromatic N) is 1. The SMILES string of the molecule is CC(C)S(=O)(=O)CCN1CC(O)C(O)C1. The summed E-state index contributed by atoms with van der Waals surface area (Å²) in [4.78, 5) is 1.77. The molecule has 0 aromatic heterocycles. The number of hydrogen-bond acceptors (Lipinski definition) is 5. The topological polar surface area (TPSA) is 77.8 Å². The molecule has 6 heteroatoms. The van der Waals surface area contributed by atoms with Crippen molar-refractivity contribution in [3.8, 4) is 0 Å². The quantitative estimate of drug-likeness (QED) is 0.645. The van der Waals surface area contributed by atoms with E-state index in [-0.39, 0.29) is 11.0 Å². The highest BCUT2D eigenvalue weighted by Crippen LogP contribution is 2.10. The smallest absolute Gasteiger partial charge is 0.153 e. The van der Waals surface area contributed by atoms with Crippen molar-refractivity contribution in [2.75, 3.05) is 25.4 Å². The van der Waals surface area contributed by atoms with Gasteiger partial charge >= 0.3 is 0 Å². The lowest BCUT2D eigenvalue weighted by Gasteiger charge is -2.15. The summed E-state index contributed by atoms with van der Waals surface area (Å²) in [7, 11) is -3.03. The van der Waals surface area contributed by atoms with Crippen LogP contribution in [0.1, 0.15) is 13.8 Å². The molecule has 5 nitrogen and oxygen atoms in total. The number of rotatable bonds is 4. The minimum Gasteiger partial charge on any atom is -0.389 e. The van der Waals surface area contributed by atoms with E-state index in [1.165, 1.54) is 0 Å². The van der Waals surface area contributed by atoms with Crippen molar-refractivity contribution >= 4 is 9.84 Å². The predicted molar refractivity (Wildman–Crippen MR) is 57.4 cm³/mol. The Bertz CT molecular complexity index is 291. The molecule has 1 heterocycles. The summed E-state index contributed by atoms with van der Waals surface area (Å²) in [5, 5.41) is 18.2. The second-order valence-electron chi connectivity index (χ2n) is 4.31. The lowest BCUT2D eigenvalue weighted by Crippen LogP contribution is -2.31. The van der Waals surface area contributed by atoms with Gasteiger partial charge in [-0.15, -0.1) is 0 Å². The van der Waals surface area contributed by atoms with Crippen LogP contribution >= 0.6 is 0 Å². The first-order chi connectivity index (χ1) is 6.83. The third-order valence-corrected chi connectivity index (χ3v) is 4.93. The van der Waals surface area contributed by atoms with Crippen LogP contribution in [0.25, 0.3) is 0 Å². The van der Waals surface area contributed by atoms with E-state index in [1.807, 2.05) is 0 Å². The van der Waals surface area contributed by atoms with E-state index in [1.54, 1.807) is 18.7 Å². The molecular weight excluding hydrogens is 218 g/mol. The number of hydrogen-bond donors (Lipinski definition) is 2. The molecule has 1 saturated heterocycles. The third-order valence-electron chi connectivity index (χ3n) is 2.74. The Kier molecular flexibility index (Phi) is 4.11. The molecule has 0 radical (unpaired) electrons. The van der Waals surface area contributed by atoms with Crippen LogP contribution in [0, 0.1) is 0 Å². The van der Waals surface area contributed by atoms with Crippen LogP contribution < -0.4 is 0 Å². The van der Waals surface area contributed by atoms with E-state index in [0.29, 0.717) is 19.6 Å². The number of sulfone groups is 1. The number of aliphatic hydroxyl groups excluding tert-OH is 2. The zero-order valence-electron chi connectivity index (χ0n) is 9.13. The molecule has 15 heavy (non-hydrogen) atoms. The fourth-order valence-electron chi connectivity index (χ4n) is 1.52. The van der Waals surface area contributed by atoms with E-state index in [4.69, 9.17) is 0 Å². The van der Waals surface area contributed by atoms with Gasteiger partial charge in [-0.2, -0.15) is 0 Å². The van der Waals surface area contributed by atoms with Gasteiger partial charge in [0, 0.05) is 19.6 Å². The van der Waals surface area contributed by atoms with Gasteiger partial charge in [-0.3, -0.25) is 4.90 Å². The summed E-state index contributed by atoms with van der Waals surface area (Å²) in [6, 6.07) is 0. The Hall–Kier alpha value is -0.170. The maximum absolute atomic E-state index is 11.5. The highest BCUT2D eigenvalue weighted by Gasteiger charge is 2.30. The van der Waals surface area contributed by atoms with Crippen molar-refractivity contribution in [2.24, 2.45) is 0 Å². The highest BCUT2D eigenvalue weighted by atomic mass is 32.2. The van der Waals surface area contributed by atoms with Gasteiger partial charge in [-0.25, -0.2) is 8.42 Å². The summed E-state index contributed by atoms with van der Waals surface area (Å²) in [5.74, 6) is 0.0874. The number of likely N-dealkylation sites (tertiary alicyclic amines) is 1. The average molecular weight is 237 g/mol. The number of β-amino-alcohol motifs (C(OH)–C–C–N with tert-alkyl or cyclic N) is 2. The summed E-state index contributed by atoms with van der Waals surface area (Å²) in [6.07, 6.45) is -1.49. The molecule has 2 unspecified atom stereocenters. The van der Waals surface area contributed by atoms with Crippen molar-refractivity contribution in [3.63, 3.8) is 0 Å². The van der Waals surface area contributed by atoms with Crippen LogP contribution in [0.5, 0.6) is 0 Å². The van der Waals surface area contributed by atoms with E-state index < -0.39 is 22.0 Å². The van der Waals surface area contributed by atoms with E-state index in [9.17, 15) is 18.6 Å². The van der Waals surface area contributed by atoms with Gasteiger partial charge in [0.1, 0.15) is 0 Å². The van der Waals surface area contributed by atoms with Gasteiger partial charge in [-0.05, 0) is 13.8 Å². The molecule has 0 amide bonds. The van der Waals surface area contributed by atoms with E-state index in [2.05, 4.69) is 0 Å². The van der Waals surface area contributed by atoms with Crippen molar-refractivity contribution in [1.29, 1.82) is 0 Å². The Morgan fingerprint density at radius 1 is 1.27 bits per heavy atom. The fraction of sp³-hybridized carbons (Fsp3) is 1.00. The molecule has 1 fully saturated rings. The van der Waals surface area contributed by atoms with Gasteiger partial charge < -0.3 is 10.2 Å². The fourth-order valence-corrected chi connectivity index (χ4v) is 2.51. The zero-order chi connectivity index (χ0) is 11.6. The Morgan fingerprint density at radius 3 is 2.13 bits per heavy atom. The molecule has 0 aliphatic carbocycles. The summed E-state index contributed by atoms with van der Waals surface area (Å²) in [6.45, 7) is 4.41. The predicted octanol–water partition coefficient (Wildman–Crippen LogP) is -1.15. The highest BCUT2D eigenvalue weighted by molar-refractivity contribution is 7.92. The van der Waals surface area contributed by atoms with Gasteiger partial charge in [-0.1, -0.05) is 0 Å². The minimum atomic E-state index is -3.03. The molecule has 0 aromatic rings. The summed E-state index contributed by atoms with van der Waals surface area (Å²) >= 11 is 0. The summed E-state index contributed by atoms with van der Waals surface area (Å²) < 4.78 is 23.0. The molecule has 1 aliphatic heterocycles. The molecule has 1 aliphatic rings. The van der Waals surface area contributed by atoms with Crippen LogP contribution in [0.4, 0.5) is 0 Å². The molecule has 1 rings (SSSR count). The first-order valence-corrected chi connectivity index (χ1v) is 6.84. The van der Waals surface area contributed by atoms with Gasteiger partial charge in [0.2, 0.25) is 0 Å². The standard InChI is InChI=1S/C9H19NO4S/c1-7(2)15(13,14)4-3-10-5-8(11)9(12)6-10/h7-9,11-12H,3-6H2,1-2H3. The van der Waals surface area contributed by atoms with Gasteiger partial charge in [0.25, 0.3) is 0 Å². The Balaban J connectivity index is 2.39. The van der Waals surface area contributed by atoms with Gasteiger partial charge in [0.05, 0.1) is 23.2 Å². The largest absolute Gasteiger partial charge is 0.389 e. The molecule has 90 valence electrons. The van der Waals surface area contributed by atoms with Crippen LogP contribution in [0.3, 0.4) is 0 Å². The molecule has 0 saturated carbocycles. The molecular formula is C9H19NO4S. The molecule has 0 aromatic carbocycles. The lowest BCUT2D eigenvalue weighted by atomic mass is 10.3. The van der Waals surface area contributed by atoms with Gasteiger partial charge in [0.15, 0.2) is 9.84 Å². The van der Waals surface area contributed by atoms with Crippen LogP contribution in [0.15, 0.2) is 0 Å². The molecule has 0 spiro atoms. The maximum atomic E-state index is 11.5. The minimum absolute atomic E-state index is 0.0874. The number of aliphatic hydroxyl groups is 2. The second kappa shape index (κ2) is 4.78. The normalized spacial score (nSPS) is 28.9. The Morgan fingerprint density at radius 2 is 1.73 bits per heavy atom. The van der Waals surface area contributed by atoms with Crippen molar-refractivity contribution in [2.45, 2.75) is 31.3 Å². The van der Waals surface area contributed by atoms with Crippen molar-refractivity contribution < 1.29 is 18.6 Å². The van der Waals surface area contributed by atoms with Crippen LogP contribution in [0.2, 0.25) is 0 Å². The van der Waals surface area contributed by atoms with E-state index >= 15 is 0 Å². The summed E-state index contributed by atoms with van der Waals surface area (Å²) in [5.41, 5.74) is 0. The molecule has 2 N–H and O–H groups in total. The van der Waals surface area contributed by atoms with Crippen molar-refractivity contribution in [3.05, 3.63) is 0 Å². The maximum Gasteiger partial charge on any atom is 0.153 e.